The highest BCUT2D eigenvalue weighted by atomic mass is 16.5. The Morgan fingerprint density at radius 1 is 1.04 bits per heavy atom. The molecule has 0 atom stereocenters. The molecule has 2 aromatic heterocycles. The third-order valence-corrected chi connectivity index (χ3v) is 3.89. The second-order valence-corrected chi connectivity index (χ2v) is 5.58. The van der Waals surface area contributed by atoms with Gasteiger partial charge in [-0.1, -0.05) is 18.2 Å². The maximum absolute atomic E-state index is 12.3. The van der Waals surface area contributed by atoms with Crippen LogP contribution in [0, 0.1) is 0 Å². The molecule has 24 heavy (non-hydrogen) atoms. The lowest BCUT2D eigenvalue weighted by Crippen LogP contribution is -2.29. The summed E-state index contributed by atoms with van der Waals surface area (Å²) in [7, 11) is 4.38. The van der Waals surface area contributed by atoms with Crippen molar-refractivity contribution in [1.29, 1.82) is 0 Å². The number of carbonyl (C=O) groups excluding carboxylic acids is 3. The first-order chi connectivity index (χ1) is 11.5. The Bertz CT molecular complexity index is 985. The quantitative estimate of drug-likeness (QED) is 0.420. The minimum absolute atomic E-state index is 0.279. The van der Waals surface area contributed by atoms with E-state index in [1.54, 1.807) is 34.9 Å². The second-order valence-electron chi connectivity index (χ2n) is 5.58. The molecule has 0 spiro atoms. The molecule has 0 saturated carbocycles. The number of esters is 1. The lowest BCUT2D eigenvalue weighted by atomic mass is 10.1. The van der Waals surface area contributed by atoms with Gasteiger partial charge < -0.3 is 14.0 Å². The van der Waals surface area contributed by atoms with Crippen LogP contribution in [0.15, 0.2) is 42.6 Å². The minimum atomic E-state index is -0.594. The van der Waals surface area contributed by atoms with Crippen LogP contribution in [-0.2, 0) is 9.53 Å². The Hall–Kier alpha value is -3.15. The molecule has 6 heteroatoms. The molecule has 3 aromatic rings. The average Bonchev–Trinajstić information content (AvgIpc) is 2.93. The third kappa shape index (κ3) is 2.32. The maximum Gasteiger partial charge on any atom is 0.340 e. The number of amides is 1. The summed E-state index contributed by atoms with van der Waals surface area (Å²) in [6.45, 7) is 0. The summed E-state index contributed by atoms with van der Waals surface area (Å²) >= 11 is 0. The number of Topliss-reactive ketones (excluding diaryl/α,β-unsaturated/α-hetero) is 1. The van der Waals surface area contributed by atoms with Crippen molar-refractivity contribution in [3.05, 3.63) is 53.7 Å². The first kappa shape index (κ1) is 15.7. The molecule has 0 saturated heterocycles. The molecule has 2 heterocycles. The molecule has 0 aliphatic carbocycles. The van der Waals surface area contributed by atoms with Crippen molar-refractivity contribution in [2.24, 2.45) is 0 Å². The first-order valence-electron chi connectivity index (χ1n) is 7.32. The molecular formula is C18H16N2O4. The van der Waals surface area contributed by atoms with Gasteiger partial charge in [-0.15, -0.1) is 0 Å². The van der Waals surface area contributed by atoms with Gasteiger partial charge in [0.2, 0.25) is 5.78 Å². The zero-order valence-corrected chi connectivity index (χ0v) is 13.6. The number of rotatable bonds is 3. The highest BCUT2D eigenvalue weighted by Gasteiger charge is 2.22. The van der Waals surface area contributed by atoms with Crippen molar-refractivity contribution in [2.75, 3.05) is 21.2 Å². The largest absolute Gasteiger partial charge is 0.465 e. The number of likely N-dealkylation sites (N-methyl/N-ethyl adjacent to an activating group) is 1. The van der Waals surface area contributed by atoms with E-state index in [-0.39, 0.29) is 5.56 Å². The van der Waals surface area contributed by atoms with E-state index >= 15 is 0 Å². The summed E-state index contributed by atoms with van der Waals surface area (Å²) in [5.74, 6) is -1.63. The van der Waals surface area contributed by atoms with Crippen molar-refractivity contribution in [3.63, 3.8) is 0 Å². The maximum atomic E-state index is 12.3. The van der Waals surface area contributed by atoms with Crippen LogP contribution in [0.4, 0.5) is 0 Å². The number of ketones is 1. The number of pyridine rings is 1. The number of methoxy groups -OCH3 is 1. The predicted octanol–water partition coefficient (Wildman–Crippen LogP) is 2.15. The molecule has 0 N–H and O–H groups in total. The number of fused-ring (bicyclic) bond motifs is 3. The molecule has 0 aliphatic rings. The number of hydrogen-bond acceptors (Lipinski definition) is 4. The summed E-state index contributed by atoms with van der Waals surface area (Å²) in [5, 5.41) is 0.668. The summed E-state index contributed by atoms with van der Waals surface area (Å²) in [4.78, 5) is 37.6. The van der Waals surface area contributed by atoms with Crippen molar-refractivity contribution in [3.8, 4) is 0 Å². The third-order valence-electron chi connectivity index (χ3n) is 3.89. The van der Waals surface area contributed by atoms with Gasteiger partial charge in [0.05, 0.1) is 23.7 Å². The molecule has 0 bridgehead atoms. The van der Waals surface area contributed by atoms with E-state index in [0.29, 0.717) is 22.0 Å². The van der Waals surface area contributed by atoms with Crippen LogP contribution in [0.3, 0.4) is 0 Å². The van der Waals surface area contributed by atoms with Gasteiger partial charge in [-0.05, 0) is 18.2 Å². The molecule has 6 nitrogen and oxygen atoms in total. The van der Waals surface area contributed by atoms with E-state index in [1.807, 2.05) is 12.1 Å². The topological polar surface area (TPSA) is 68.1 Å². The summed E-state index contributed by atoms with van der Waals surface area (Å²) < 4.78 is 6.68. The van der Waals surface area contributed by atoms with E-state index in [0.717, 1.165) is 0 Å². The van der Waals surface area contributed by atoms with E-state index < -0.39 is 17.7 Å². The fourth-order valence-corrected chi connectivity index (χ4v) is 2.72. The van der Waals surface area contributed by atoms with E-state index in [1.165, 1.54) is 26.1 Å². The number of ether oxygens (including phenoxy) is 1. The Morgan fingerprint density at radius 2 is 1.79 bits per heavy atom. The van der Waals surface area contributed by atoms with Crippen LogP contribution in [0.1, 0.15) is 20.7 Å². The number of aromatic nitrogens is 1. The van der Waals surface area contributed by atoms with Gasteiger partial charge in [-0.2, -0.15) is 0 Å². The van der Waals surface area contributed by atoms with E-state index in [2.05, 4.69) is 0 Å². The van der Waals surface area contributed by atoms with Gasteiger partial charge >= 0.3 is 5.97 Å². The smallest absolute Gasteiger partial charge is 0.340 e. The molecule has 1 amide bonds. The normalized spacial score (nSPS) is 10.8. The highest BCUT2D eigenvalue weighted by molar-refractivity contribution is 6.42. The van der Waals surface area contributed by atoms with Gasteiger partial charge in [-0.3, -0.25) is 9.59 Å². The lowest BCUT2D eigenvalue weighted by molar-refractivity contribution is -0.124. The van der Waals surface area contributed by atoms with Crippen LogP contribution in [-0.4, -0.2) is 48.2 Å². The van der Waals surface area contributed by atoms with Crippen molar-refractivity contribution < 1.29 is 19.1 Å². The number of hydrogen-bond donors (Lipinski definition) is 0. The van der Waals surface area contributed by atoms with E-state index in [9.17, 15) is 14.4 Å². The summed E-state index contributed by atoms with van der Waals surface area (Å²) in [6, 6.07) is 10.3. The van der Waals surface area contributed by atoms with Crippen LogP contribution in [0.2, 0.25) is 0 Å². The molecular weight excluding hydrogens is 308 g/mol. The Kier molecular flexibility index (Phi) is 3.81. The summed E-state index contributed by atoms with van der Waals surface area (Å²) in [5.41, 5.74) is 2.07. The zero-order valence-electron chi connectivity index (χ0n) is 13.6. The van der Waals surface area contributed by atoms with Crippen molar-refractivity contribution >= 4 is 34.1 Å². The van der Waals surface area contributed by atoms with Crippen LogP contribution in [0.25, 0.3) is 16.4 Å². The number of nitrogens with zero attached hydrogens (tertiary/aromatic N) is 2. The Morgan fingerprint density at radius 3 is 2.46 bits per heavy atom. The average molecular weight is 324 g/mol. The molecule has 3 rings (SSSR count). The molecule has 122 valence electrons. The van der Waals surface area contributed by atoms with Crippen molar-refractivity contribution in [2.45, 2.75) is 0 Å². The molecule has 0 unspecified atom stereocenters. The van der Waals surface area contributed by atoms with Crippen LogP contribution < -0.4 is 0 Å². The first-order valence-corrected chi connectivity index (χ1v) is 7.32. The Balaban J connectivity index is 2.28. The minimum Gasteiger partial charge on any atom is -0.465 e. The second kappa shape index (κ2) is 5.81. The van der Waals surface area contributed by atoms with Gasteiger partial charge in [0, 0.05) is 31.2 Å². The number of benzene rings is 1. The summed E-state index contributed by atoms with van der Waals surface area (Å²) in [6.07, 6.45) is 1.80. The van der Waals surface area contributed by atoms with Crippen molar-refractivity contribution in [1.82, 2.24) is 9.30 Å². The SMILES string of the molecule is COC(=O)c1c2ccc(C(=O)C(=O)N(C)C)cc2n2ccccc12. The molecule has 1 aromatic carbocycles. The monoisotopic (exact) mass is 324 g/mol. The molecule has 0 fully saturated rings. The fraction of sp³-hybridized carbons (Fsp3) is 0.167. The van der Waals surface area contributed by atoms with E-state index in [4.69, 9.17) is 4.74 Å². The lowest BCUT2D eigenvalue weighted by Gasteiger charge is -2.09. The predicted molar refractivity (Wildman–Crippen MR) is 89.3 cm³/mol. The van der Waals surface area contributed by atoms with Crippen LogP contribution in [0.5, 0.6) is 0 Å². The molecule has 0 aliphatic heterocycles. The zero-order chi connectivity index (χ0) is 17.4. The highest BCUT2D eigenvalue weighted by Crippen LogP contribution is 2.28. The van der Waals surface area contributed by atoms with Gasteiger partial charge in [-0.25, -0.2) is 4.79 Å². The van der Waals surface area contributed by atoms with Gasteiger partial charge in [0.1, 0.15) is 0 Å². The number of carbonyl (C=O) groups is 3. The van der Waals surface area contributed by atoms with Gasteiger partial charge in [0.25, 0.3) is 5.91 Å². The standard InChI is InChI=1S/C18H16N2O4/c1-19(2)17(22)16(21)11-7-8-12-14(10-11)20-9-5-4-6-13(20)15(12)18(23)24-3/h4-10H,1-3H3. The molecule has 0 radical (unpaired) electrons. The van der Waals surface area contributed by atoms with Gasteiger partial charge in [0.15, 0.2) is 0 Å². The Labute approximate surface area is 138 Å². The van der Waals surface area contributed by atoms with Crippen LogP contribution >= 0.6 is 0 Å². The fourth-order valence-electron chi connectivity index (χ4n) is 2.72.